The first-order valence-electron chi connectivity index (χ1n) is 11.5. The molecule has 1 heterocycles. The van der Waals surface area contributed by atoms with Crippen molar-refractivity contribution in [2.75, 3.05) is 30.5 Å². The molecule has 2 aliphatic rings. The molecule has 1 unspecified atom stereocenters. The van der Waals surface area contributed by atoms with Crippen LogP contribution >= 0.6 is 0 Å². The van der Waals surface area contributed by atoms with Gasteiger partial charge in [-0.1, -0.05) is 31.0 Å². The van der Waals surface area contributed by atoms with Crippen molar-refractivity contribution in [2.24, 2.45) is 0 Å². The Kier molecular flexibility index (Phi) is 7.43. The lowest BCUT2D eigenvalue weighted by atomic mass is 10.1. The third-order valence-electron chi connectivity index (χ3n) is 5.59. The number of rotatable bonds is 13. The summed E-state index contributed by atoms with van der Waals surface area (Å²) in [6.07, 6.45) is 6.84. The van der Waals surface area contributed by atoms with Crippen molar-refractivity contribution >= 4 is 17.9 Å². The second kappa shape index (κ2) is 10.7. The summed E-state index contributed by atoms with van der Waals surface area (Å²) < 4.78 is 16.9. The topological polar surface area (TPSA) is 128 Å². The Morgan fingerprint density at radius 3 is 2.24 bits per heavy atom. The quantitative estimate of drug-likeness (QED) is 0.386. The Balaban J connectivity index is 1.29. The molecule has 10 heteroatoms. The Hall–Kier alpha value is -3.14. The Morgan fingerprint density at radius 1 is 1.00 bits per heavy atom. The van der Waals surface area contributed by atoms with E-state index in [2.05, 4.69) is 25.6 Å². The van der Waals surface area contributed by atoms with Crippen molar-refractivity contribution in [3.8, 4) is 11.8 Å². The van der Waals surface area contributed by atoms with Gasteiger partial charge in [-0.25, -0.2) is 4.79 Å². The van der Waals surface area contributed by atoms with Crippen molar-refractivity contribution in [2.45, 2.75) is 63.1 Å². The first kappa shape index (κ1) is 23.0. The van der Waals surface area contributed by atoms with Gasteiger partial charge in [0.05, 0.1) is 13.2 Å². The van der Waals surface area contributed by atoms with Gasteiger partial charge < -0.3 is 30.0 Å². The SMILES string of the molecule is CC(COCCOc1nc(NC2CCCC2)nc(NC2CC2)n1)(Oc1ccccc1)C(=O)O. The zero-order valence-electron chi connectivity index (χ0n) is 18.8. The van der Waals surface area contributed by atoms with Crippen LogP contribution in [0.1, 0.15) is 45.4 Å². The number of anilines is 2. The van der Waals surface area contributed by atoms with Gasteiger partial charge >= 0.3 is 12.0 Å². The van der Waals surface area contributed by atoms with Crippen LogP contribution in [0, 0.1) is 0 Å². The highest BCUT2D eigenvalue weighted by atomic mass is 16.6. The molecule has 2 aliphatic carbocycles. The third kappa shape index (κ3) is 6.92. The van der Waals surface area contributed by atoms with Gasteiger partial charge in [-0.15, -0.1) is 0 Å². The molecular formula is C23H31N5O5. The van der Waals surface area contributed by atoms with Crippen LogP contribution in [0.2, 0.25) is 0 Å². The molecule has 1 atom stereocenters. The van der Waals surface area contributed by atoms with Gasteiger partial charge in [-0.3, -0.25) is 0 Å². The van der Waals surface area contributed by atoms with Crippen LogP contribution in [-0.4, -0.2) is 63.5 Å². The first-order valence-corrected chi connectivity index (χ1v) is 11.5. The number of carboxylic acid groups (broad SMARTS) is 1. The standard InChI is InChI=1S/C23H31N5O5/c1-23(19(29)30,33-18-9-3-2-4-10-18)15-31-13-14-32-22-27-20(24-16-7-5-6-8-16)26-21(28-22)25-17-11-12-17/h2-4,9-10,16-17H,5-8,11-15H2,1H3,(H,29,30)(H2,24,25,26,27,28). The van der Waals surface area contributed by atoms with E-state index in [4.69, 9.17) is 14.2 Å². The summed E-state index contributed by atoms with van der Waals surface area (Å²) in [4.78, 5) is 25.0. The normalized spacial score (nSPS) is 17.8. The monoisotopic (exact) mass is 457 g/mol. The van der Waals surface area contributed by atoms with Crippen molar-refractivity contribution in [1.29, 1.82) is 0 Å². The van der Waals surface area contributed by atoms with Crippen LogP contribution in [0.15, 0.2) is 30.3 Å². The van der Waals surface area contributed by atoms with Crippen LogP contribution in [-0.2, 0) is 9.53 Å². The van der Waals surface area contributed by atoms with E-state index in [-0.39, 0.29) is 25.8 Å². The van der Waals surface area contributed by atoms with Gasteiger partial charge in [-0.05, 0) is 44.7 Å². The molecule has 178 valence electrons. The fraction of sp³-hybridized carbons (Fsp3) is 0.565. The summed E-state index contributed by atoms with van der Waals surface area (Å²) in [5.41, 5.74) is -1.52. The fourth-order valence-corrected chi connectivity index (χ4v) is 3.56. The summed E-state index contributed by atoms with van der Waals surface area (Å²) in [5, 5.41) is 16.3. The van der Waals surface area contributed by atoms with Crippen molar-refractivity contribution in [3.63, 3.8) is 0 Å². The highest BCUT2D eigenvalue weighted by Crippen LogP contribution is 2.25. The number of nitrogens with one attached hydrogen (secondary N) is 2. The maximum absolute atomic E-state index is 11.7. The van der Waals surface area contributed by atoms with E-state index in [0.717, 1.165) is 25.7 Å². The molecule has 0 saturated heterocycles. The van der Waals surface area contributed by atoms with Gasteiger partial charge in [0.25, 0.3) is 0 Å². The molecule has 1 aromatic carbocycles. The summed E-state index contributed by atoms with van der Waals surface area (Å²) >= 11 is 0. The molecule has 1 aromatic heterocycles. The van der Waals surface area contributed by atoms with Crippen molar-refractivity contribution < 1.29 is 24.1 Å². The van der Waals surface area contributed by atoms with E-state index in [0.29, 0.717) is 29.7 Å². The van der Waals surface area contributed by atoms with E-state index >= 15 is 0 Å². The zero-order valence-corrected chi connectivity index (χ0v) is 18.8. The third-order valence-corrected chi connectivity index (χ3v) is 5.59. The second-order valence-electron chi connectivity index (χ2n) is 8.66. The Labute approximate surface area is 193 Å². The van der Waals surface area contributed by atoms with Gasteiger partial charge in [0, 0.05) is 12.1 Å². The lowest BCUT2D eigenvalue weighted by Crippen LogP contribution is -2.46. The van der Waals surface area contributed by atoms with E-state index in [1.165, 1.54) is 19.8 Å². The van der Waals surface area contributed by atoms with Gasteiger partial charge in [0.15, 0.2) is 0 Å². The molecule has 10 nitrogen and oxygen atoms in total. The first-order chi connectivity index (χ1) is 16.0. The summed E-state index contributed by atoms with van der Waals surface area (Å²) in [6, 6.07) is 9.79. The van der Waals surface area contributed by atoms with E-state index in [9.17, 15) is 9.90 Å². The minimum absolute atomic E-state index is 0.138. The van der Waals surface area contributed by atoms with E-state index < -0.39 is 11.6 Å². The van der Waals surface area contributed by atoms with E-state index in [1.807, 2.05) is 6.07 Å². The number of aliphatic carboxylic acids is 1. The molecule has 2 fully saturated rings. The Morgan fingerprint density at radius 2 is 1.64 bits per heavy atom. The molecule has 0 bridgehead atoms. The lowest BCUT2D eigenvalue weighted by Gasteiger charge is -2.26. The number of para-hydroxylation sites is 1. The maximum Gasteiger partial charge on any atom is 0.350 e. The van der Waals surface area contributed by atoms with Gasteiger partial charge in [0.2, 0.25) is 17.5 Å². The van der Waals surface area contributed by atoms with Gasteiger partial charge in [-0.2, -0.15) is 15.0 Å². The molecule has 0 radical (unpaired) electrons. The predicted molar refractivity (Wildman–Crippen MR) is 122 cm³/mol. The number of hydrogen-bond acceptors (Lipinski definition) is 9. The molecule has 4 rings (SSSR count). The average Bonchev–Trinajstić information content (AvgIpc) is 3.45. The number of nitrogens with zero attached hydrogens (tertiary/aromatic N) is 3. The number of carbonyl (C=O) groups is 1. The summed E-state index contributed by atoms with van der Waals surface area (Å²) in [6.45, 7) is 1.66. The smallest absolute Gasteiger partial charge is 0.350 e. The van der Waals surface area contributed by atoms with Crippen molar-refractivity contribution in [3.05, 3.63) is 30.3 Å². The number of hydrogen-bond donors (Lipinski definition) is 3. The second-order valence-corrected chi connectivity index (χ2v) is 8.66. The average molecular weight is 458 g/mol. The highest BCUT2D eigenvalue weighted by molar-refractivity contribution is 5.77. The van der Waals surface area contributed by atoms with Crippen LogP contribution in [0.25, 0.3) is 0 Å². The Bertz CT molecular complexity index is 921. The molecule has 0 aliphatic heterocycles. The van der Waals surface area contributed by atoms with Crippen LogP contribution in [0.5, 0.6) is 11.8 Å². The molecule has 3 N–H and O–H groups in total. The number of benzene rings is 1. The van der Waals surface area contributed by atoms with Crippen LogP contribution in [0.3, 0.4) is 0 Å². The highest BCUT2D eigenvalue weighted by Gasteiger charge is 2.36. The van der Waals surface area contributed by atoms with Crippen molar-refractivity contribution in [1.82, 2.24) is 15.0 Å². The maximum atomic E-state index is 11.7. The molecule has 2 saturated carbocycles. The molecule has 33 heavy (non-hydrogen) atoms. The largest absolute Gasteiger partial charge is 0.478 e. The van der Waals surface area contributed by atoms with Crippen LogP contribution in [0.4, 0.5) is 11.9 Å². The van der Waals surface area contributed by atoms with Gasteiger partial charge in [0.1, 0.15) is 12.4 Å². The minimum atomic E-state index is -1.52. The molecule has 0 amide bonds. The predicted octanol–water partition coefficient (Wildman–Crippen LogP) is 3.12. The number of ether oxygens (including phenoxy) is 3. The van der Waals surface area contributed by atoms with Crippen LogP contribution < -0.4 is 20.1 Å². The number of aromatic nitrogens is 3. The molecule has 0 spiro atoms. The summed E-state index contributed by atoms with van der Waals surface area (Å²) in [7, 11) is 0. The molecule has 2 aromatic rings. The fourth-order valence-electron chi connectivity index (χ4n) is 3.56. The minimum Gasteiger partial charge on any atom is -0.478 e. The zero-order chi connectivity index (χ0) is 23.1. The summed E-state index contributed by atoms with van der Waals surface area (Å²) in [5.74, 6) is 0.359. The lowest BCUT2D eigenvalue weighted by molar-refractivity contribution is -0.159. The number of carboxylic acids is 1. The van der Waals surface area contributed by atoms with E-state index in [1.54, 1.807) is 24.3 Å². The molecular weight excluding hydrogens is 426 g/mol.